The van der Waals surface area contributed by atoms with Gasteiger partial charge in [0.2, 0.25) is 5.91 Å². The monoisotopic (exact) mass is 266 g/mol. The van der Waals surface area contributed by atoms with Crippen LogP contribution < -0.4 is 11.1 Å². The van der Waals surface area contributed by atoms with Gasteiger partial charge < -0.3 is 20.5 Å². The van der Waals surface area contributed by atoms with Crippen LogP contribution in [0.4, 0.5) is 11.4 Å². The Morgan fingerprint density at radius 2 is 2.11 bits per heavy atom. The van der Waals surface area contributed by atoms with Crippen LogP contribution in [0.5, 0.6) is 0 Å². The van der Waals surface area contributed by atoms with E-state index in [4.69, 9.17) is 15.2 Å². The smallest absolute Gasteiger partial charge is 0.226 e. The minimum absolute atomic E-state index is 0.0690. The van der Waals surface area contributed by atoms with Gasteiger partial charge in [-0.05, 0) is 31.0 Å². The van der Waals surface area contributed by atoms with Gasteiger partial charge in [-0.3, -0.25) is 4.79 Å². The molecular formula is C14H22N2O3. The third-order valence-electron chi connectivity index (χ3n) is 2.76. The van der Waals surface area contributed by atoms with Crippen LogP contribution in [0.2, 0.25) is 0 Å². The van der Waals surface area contributed by atoms with E-state index in [1.807, 2.05) is 25.1 Å². The summed E-state index contributed by atoms with van der Waals surface area (Å²) in [4.78, 5) is 11.7. The number of nitrogen functional groups attached to an aromatic ring is 1. The summed E-state index contributed by atoms with van der Waals surface area (Å²) in [5.74, 6) is -0.0690. The van der Waals surface area contributed by atoms with Crippen molar-refractivity contribution >= 4 is 17.3 Å². The van der Waals surface area contributed by atoms with E-state index in [1.165, 1.54) is 0 Å². The Morgan fingerprint density at radius 1 is 1.32 bits per heavy atom. The summed E-state index contributed by atoms with van der Waals surface area (Å²) >= 11 is 0. The fourth-order valence-electron chi connectivity index (χ4n) is 1.57. The Kier molecular flexibility index (Phi) is 6.92. The van der Waals surface area contributed by atoms with Crippen molar-refractivity contribution in [3.8, 4) is 0 Å². The van der Waals surface area contributed by atoms with Crippen LogP contribution in [0, 0.1) is 6.92 Å². The van der Waals surface area contributed by atoms with Gasteiger partial charge in [0.1, 0.15) is 0 Å². The minimum Gasteiger partial charge on any atom is -0.398 e. The Labute approximate surface area is 114 Å². The number of anilines is 2. The molecule has 0 heterocycles. The molecule has 0 radical (unpaired) electrons. The molecular weight excluding hydrogens is 244 g/mol. The molecule has 0 aromatic heterocycles. The fraction of sp³-hybridized carbons (Fsp3) is 0.500. The summed E-state index contributed by atoms with van der Waals surface area (Å²) in [6.45, 7) is 3.58. The molecule has 0 aliphatic rings. The lowest BCUT2D eigenvalue weighted by atomic mass is 10.1. The summed E-state index contributed by atoms with van der Waals surface area (Å²) in [6, 6.07) is 5.46. The lowest BCUT2D eigenvalue weighted by molar-refractivity contribution is -0.117. The third-order valence-corrected chi connectivity index (χ3v) is 2.76. The number of methoxy groups -OCH3 is 1. The van der Waals surface area contributed by atoms with Gasteiger partial charge in [-0.15, -0.1) is 0 Å². The second-order valence-electron chi connectivity index (χ2n) is 4.28. The number of benzene rings is 1. The number of ether oxygens (including phenoxy) is 2. The van der Waals surface area contributed by atoms with Gasteiger partial charge in [0.15, 0.2) is 0 Å². The Morgan fingerprint density at radius 3 is 2.84 bits per heavy atom. The van der Waals surface area contributed by atoms with E-state index in [1.54, 1.807) is 7.11 Å². The average Bonchev–Trinajstić information content (AvgIpc) is 2.39. The van der Waals surface area contributed by atoms with Crippen LogP contribution in [0.15, 0.2) is 18.2 Å². The predicted octanol–water partition coefficient (Wildman–Crippen LogP) is 1.96. The van der Waals surface area contributed by atoms with Gasteiger partial charge >= 0.3 is 0 Å². The first-order chi connectivity index (χ1) is 9.15. The number of rotatable bonds is 8. The van der Waals surface area contributed by atoms with Crippen LogP contribution in [-0.2, 0) is 14.3 Å². The van der Waals surface area contributed by atoms with Crippen molar-refractivity contribution in [2.75, 3.05) is 38.0 Å². The van der Waals surface area contributed by atoms with Crippen molar-refractivity contribution in [3.05, 3.63) is 23.8 Å². The molecule has 0 unspecified atom stereocenters. The Hall–Kier alpha value is -1.59. The SMILES string of the molecule is COCCCOCCC(=O)Nc1cccc(N)c1C. The van der Waals surface area contributed by atoms with Crippen molar-refractivity contribution in [1.82, 2.24) is 0 Å². The first-order valence-corrected chi connectivity index (χ1v) is 6.36. The molecule has 19 heavy (non-hydrogen) atoms. The van der Waals surface area contributed by atoms with Gasteiger partial charge in [0.25, 0.3) is 0 Å². The molecule has 0 aliphatic heterocycles. The van der Waals surface area contributed by atoms with Crippen molar-refractivity contribution in [2.45, 2.75) is 19.8 Å². The Balaban J connectivity index is 2.26. The predicted molar refractivity (Wildman–Crippen MR) is 76.2 cm³/mol. The highest BCUT2D eigenvalue weighted by Gasteiger charge is 2.06. The lowest BCUT2D eigenvalue weighted by Crippen LogP contribution is -2.15. The maximum atomic E-state index is 11.7. The summed E-state index contributed by atoms with van der Waals surface area (Å²) in [6.07, 6.45) is 1.17. The molecule has 0 saturated heterocycles. The van der Waals surface area contributed by atoms with E-state index >= 15 is 0 Å². The first kappa shape index (κ1) is 15.5. The summed E-state index contributed by atoms with van der Waals surface area (Å²) in [5, 5.41) is 2.83. The zero-order valence-corrected chi connectivity index (χ0v) is 11.6. The number of carbonyl (C=O) groups is 1. The van der Waals surface area contributed by atoms with Gasteiger partial charge in [0.05, 0.1) is 13.0 Å². The normalized spacial score (nSPS) is 10.4. The topological polar surface area (TPSA) is 73.6 Å². The zero-order valence-electron chi connectivity index (χ0n) is 11.6. The molecule has 0 bridgehead atoms. The van der Waals surface area contributed by atoms with Crippen molar-refractivity contribution in [2.24, 2.45) is 0 Å². The minimum atomic E-state index is -0.0690. The number of hydrogen-bond donors (Lipinski definition) is 2. The summed E-state index contributed by atoms with van der Waals surface area (Å²) < 4.78 is 10.2. The van der Waals surface area contributed by atoms with Crippen molar-refractivity contribution in [3.63, 3.8) is 0 Å². The standard InChI is InChI=1S/C14H22N2O3/c1-11-12(15)5-3-6-13(11)16-14(17)7-10-19-9-4-8-18-2/h3,5-6H,4,7-10,15H2,1-2H3,(H,16,17). The average molecular weight is 266 g/mol. The largest absolute Gasteiger partial charge is 0.398 e. The van der Waals surface area contributed by atoms with Crippen molar-refractivity contribution < 1.29 is 14.3 Å². The number of hydrogen-bond acceptors (Lipinski definition) is 4. The molecule has 1 rings (SSSR count). The Bertz CT molecular complexity index is 408. The fourth-order valence-corrected chi connectivity index (χ4v) is 1.57. The molecule has 0 spiro atoms. The van der Waals surface area contributed by atoms with Gasteiger partial charge in [-0.25, -0.2) is 0 Å². The van der Waals surface area contributed by atoms with Crippen LogP contribution in [0.25, 0.3) is 0 Å². The molecule has 0 atom stereocenters. The van der Waals surface area contributed by atoms with Gasteiger partial charge in [0, 0.05) is 31.7 Å². The van der Waals surface area contributed by atoms with E-state index in [9.17, 15) is 4.79 Å². The third kappa shape index (κ3) is 5.72. The van der Waals surface area contributed by atoms with E-state index in [0.29, 0.717) is 31.9 Å². The summed E-state index contributed by atoms with van der Waals surface area (Å²) in [7, 11) is 1.65. The highest BCUT2D eigenvalue weighted by Crippen LogP contribution is 2.20. The molecule has 3 N–H and O–H groups in total. The first-order valence-electron chi connectivity index (χ1n) is 6.36. The quantitative estimate of drug-likeness (QED) is 0.557. The van der Waals surface area contributed by atoms with Crippen molar-refractivity contribution in [1.29, 1.82) is 0 Å². The maximum absolute atomic E-state index is 11.7. The molecule has 0 saturated carbocycles. The van der Waals surface area contributed by atoms with Gasteiger partial charge in [-0.1, -0.05) is 6.07 Å². The second-order valence-corrected chi connectivity index (χ2v) is 4.28. The molecule has 5 heteroatoms. The molecule has 1 aromatic rings. The zero-order chi connectivity index (χ0) is 14.1. The molecule has 106 valence electrons. The summed E-state index contributed by atoms with van der Waals surface area (Å²) in [5.41, 5.74) is 8.09. The van der Waals surface area contributed by atoms with E-state index < -0.39 is 0 Å². The number of nitrogens with two attached hydrogens (primary N) is 1. The maximum Gasteiger partial charge on any atom is 0.226 e. The molecule has 1 aromatic carbocycles. The van der Waals surface area contributed by atoms with E-state index in [-0.39, 0.29) is 5.91 Å². The highest BCUT2D eigenvalue weighted by atomic mass is 16.5. The molecule has 0 fully saturated rings. The van der Waals surface area contributed by atoms with E-state index in [2.05, 4.69) is 5.32 Å². The van der Waals surface area contributed by atoms with Crippen LogP contribution in [0.1, 0.15) is 18.4 Å². The second kappa shape index (κ2) is 8.50. The highest BCUT2D eigenvalue weighted by molar-refractivity contribution is 5.92. The van der Waals surface area contributed by atoms with Crippen LogP contribution in [-0.4, -0.2) is 32.8 Å². The van der Waals surface area contributed by atoms with Crippen LogP contribution in [0.3, 0.4) is 0 Å². The van der Waals surface area contributed by atoms with Crippen LogP contribution >= 0.6 is 0 Å². The molecule has 0 aliphatic carbocycles. The lowest BCUT2D eigenvalue weighted by Gasteiger charge is -2.10. The van der Waals surface area contributed by atoms with E-state index in [0.717, 1.165) is 17.7 Å². The number of amides is 1. The molecule has 5 nitrogen and oxygen atoms in total. The number of carbonyl (C=O) groups excluding carboxylic acids is 1. The molecule has 1 amide bonds. The number of nitrogens with one attached hydrogen (secondary N) is 1. The van der Waals surface area contributed by atoms with Gasteiger partial charge in [-0.2, -0.15) is 0 Å².